The molecule has 0 saturated heterocycles. The summed E-state index contributed by atoms with van der Waals surface area (Å²) in [4.78, 5) is 5.99. The van der Waals surface area contributed by atoms with Crippen molar-refractivity contribution in [2.24, 2.45) is 4.99 Å². The van der Waals surface area contributed by atoms with E-state index in [9.17, 15) is 8.78 Å². The van der Waals surface area contributed by atoms with Crippen LogP contribution in [-0.2, 0) is 0 Å². The first kappa shape index (κ1) is 19.0. The zero-order chi connectivity index (χ0) is 19.5. The van der Waals surface area contributed by atoms with Crippen LogP contribution in [0.5, 0.6) is 5.75 Å². The van der Waals surface area contributed by atoms with Crippen LogP contribution >= 0.6 is 23.4 Å². The lowest BCUT2D eigenvalue weighted by atomic mass is 10.0. The number of hydrogen-bond donors (Lipinski definition) is 0. The Morgan fingerprint density at radius 2 is 1.68 bits per heavy atom. The maximum Gasteiger partial charge on any atom is 0.387 e. The monoisotopic (exact) mass is 415 g/mol. The average molecular weight is 416 g/mol. The largest absolute Gasteiger partial charge is 0.435 e. The molecule has 1 aliphatic rings. The minimum atomic E-state index is -2.83. The zero-order valence-corrected chi connectivity index (χ0v) is 16.3. The van der Waals surface area contributed by atoms with Crippen LogP contribution < -0.4 is 4.74 Å². The predicted octanol–water partition coefficient (Wildman–Crippen LogP) is 7.30. The number of rotatable bonds is 4. The molecular weight excluding hydrogens is 400 g/mol. The third-order valence-corrected chi connectivity index (χ3v) is 6.00. The highest BCUT2D eigenvalue weighted by Gasteiger charge is 2.22. The van der Waals surface area contributed by atoms with Crippen molar-refractivity contribution in [3.05, 3.63) is 88.9 Å². The van der Waals surface area contributed by atoms with Crippen molar-refractivity contribution in [3.8, 4) is 5.75 Å². The lowest BCUT2D eigenvalue weighted by Crippen LogP contribution is -2.06. The molecule has 1 atom stereocenters. The van der Waals surface area contributed by atoms with Crippen LogP contribution in [0.1, 0.15) is 22.8 Å². The van der Waals surface area contributed by atoms with E-state index < -0.39 is 6.61 Å². The van der Waals surface area contributed by atoms with Crippen LogP contribution in [0.3, 0.4) is 0 Å². The minimum Gasteiger partial charge on any atom is -0.435 e. The van der Waals surface area contributed by atoms with Crippen molar-refractivity contribution >= 4 is 34.8 Å². The first-order chi connectivity index (χ1) is 13.6. The number of alkyl halides is 2. The van der Waals surface area contributed by atoms with Crippen LogP contribution in [0.2, 0.25) is 5.02 Å². The topological polar surface area (TPSA) is 21.6 Å². The molecule has 0 amide bonds. The Hall–Kier alpha value is -2.37. The second-order valence-electron chi connectivity index (χ2n) is 6.29. The van der Waals surface area contributed by atoms with E-state index in [2.05, 4.69) is 10.8 Å². The van der Waals surface area contributed by atoms with Crippen LogP contribution in [-0.4, -0.2) is 12.3 Å². The van der Waals surface area contributed by atoms with E-state index >= 15 is 0 Å². The van der Waals surface area contributed by atoms with E-state index in [-0.39, 0.29) is 11.0 Å². The van der Waals surface area contributed by atoms with Gasteiger partial charge in [-0.3, -0.25) is 4.99 Å². The summed E-state index contributed by atoms with van der Waals surface area (Å²) >= 11 is 7.75. The fourth-order valence-corrected chi connectivity index (χ4v) is 4.44. The van der Waals surface area contributed by atoms with E-state index in [1.807, 2.05) is 54.6 Å². The van der Waals surface area contributed by atoms with Gasteiger partial charge in [0.15, 0.2) is 0 Å². The van der Waals surface area contributed by atoms with Crippen molar-refractivity contribution in [2.45, 2.75) is 23.2 Å². The molecule has 0 radical (unpaired) electrons. The highest BCUT2D eigenvalue weighted by Crippen LogP contribution is 2.45. The molecule has 1 aliphatic heterocycles. The molecule has 0 bridgehead atoms. The number of aliphatic imine (C=N–C) groups is 1. The van der Waals surface area contributed by atoms with Gasteiger partial charge in [0.25, 0.3) is 0 Å². The fourth-order valence-electron chi connectivity index (χ4n) is 3.09. The quantitative estimate of drug-likeness (QED) is 0.446. The molecule has 142 valence electrons. The Balaban J connectivity index is 1.69. The van der Waals surface area contributed by atoms with Gasteiger partial charge >= 0.3 is 6.61 Å². The highest BCUT2D eigenvalue weighted by atomic mass is 35.5. The SMILES string of the molecule is FC(F)Oc1ccc([C@@H]2CC(c3ccc(Cl)cc3)=Nc3ccccc3S2)cc1. The van der Waals surface area contributed by atoms with Crippen molar-refractivity contribution in [3.63, 3.8) is 0 Å². The van der Waals surface area contributed by atoms with Gasteiger partial charge in [0, 0.05) is 27.3 Å². The summed E-state index contributed by atoms with van der Waals surface area (Å²) in [7, 11) is 0. The van der Waals surface area contributed by atoms with E-state index in [0.29, 0.717) is 11.4 Å². The number of nitrogens with zero attached hydrogens (tertiary/aromatic N) is 1. The highest BCUT2D eigenvalue weighted by molar-refractivity contribution is 7.99. The zero-order valence-electron chi connectivity index (χ0n) is 14.7. The van der Waals surface area contributed by atoms with Gasteiger partial charge in [-0.25, -0.2) is 0 Å². The van der Waals surface area contributed by atoms with Crippen LogP contribution in [0.15, 0.2) is 82.7 Å². The average Bonchev–Trinajstić information content (AvgIpc) is 2.88. The molecule has 0 N–H and O–H groups in total. The van der Waals surface area contributed by atoms with E-state index in [1.165, 1.54) is 0 Å². The number of halogens is 3. The maximum absolute atomic E-state index is 12.4. The molecule has 4 rings (SSSR count). The second-order valence-corrected chi connectivity index (χ2v) is 7.97. The van der Waals surface area contributed by atoms with Crippen LogP contribution in [0.25, 0.3) is 0 Å². The number of para-hydroxylation sites is 1. The summed E-state index contributed by atoms with van der Waals surface area (Å²) in [5.41, 5.74) is 3.94. The Morgan fingerprint density at radius 3 is 2.39 bits per heavy atom. The van der Waals surface area contributed by atoms with Crippen molar-refractivity contribution in [2.75, 3.05) is 0 Å². The van der Waals surface area contributed by atoms with Gasteiger partial charge in [-0.1, -0.05) is 48.0 Å². The molecule has 2 nitrogen and oxygen atoms in total. The van der Waals surface area contributed by atoms with Crippen LogP contribution in [0.4, 0.5) is 14.5 Å². The molecule has 0 unspecified atom stereocenters. The summed E-state index contributed by atoms with van der Waals surface area (Å²) < 4.78 is 29.3. The lowest BCUT2D eigenvalue weighted by Gasteiger charge is -2.17. The summed E-state index contributed by atoms with van der Waals surface area (Å²) in [5.74, 6) is 0.157. The molecule has 0 spiro atoms. The fraction of sp³-hybridized carbons (Fsp3) is 0.136. The van der Waals surface area contributed by atoms with Crippen molar-refractivity contribution in [1.82, 2.24) is 0 Å². The Kier molecular flexibility index (Phi) is 5.64. The molecule has 6 heteroatoms. The standard InChI is InChI=1S/C22H16ClF2NOS/c23-16-9-5-14(6-10-16)19-13-21(28-20-4-2-1-3-18(20)26-19)15-7-11-17(12-8-15)27-22(24)25/h1-12,21-22H,13H2/t21-/m0/s1. The molecule has 28 heavy (non-hydrogen) atoms. The number of thioether (sulfide) groups is 1. The summed E-state index contributed by atoms with van der Waals surface area (Å²) in [6, 6.07) is 22.5. The third-order valence-electron chi connectivity index (χ3n) is 4.42. The first-order valence-corrected chi connectivity index (χ1v) is 9.98. The number of hydrogen-bond acceptors (Lipinski definition) is 3. The van der Waals surface area contributed by atoms with Crippen LogP contribution in [0, 0.1) is 0 Å². The summed E-state index contributed by atoms with van der Waals surface area (Å²) in [5, 5.41) is 0.776. The van der Waals surface area contributed by atoms with Gasteiger partial charge in [0.05, 0.1) is 5.69 Å². The van der Waals surface area contributed by atoms with Gasteiger partial charge in [-0.05, 0) is 47.5 Å². The number of fused-ring (bicyclic) bond motifs is 1. The molecule has 0 saturated carbocycles. The second kappa shape index (κ2) is 8.33. The normalized spacial score (nSPS) is 16.3. The molecule has 1 heterocycles. The van der Waals surface area contributed by atoms with Crippen molar-refractivity contribution < 1.29 is 13.5 Å². The summed E-state index contributed by atoms with van der Waals surface area (Å²) in [6.07, 6.45) is 0.704. The maximum atomic E-state index is 12.4. The van der Waals surface area contributed by atoms with Gasteiger partial charge in [0.1, 0.15) is 5.75 Å². The predicted molar refractivity (Wildman–Crippen MR) is 110 cm³/mol. The first-order valence-electron chi connectivity index (χ1n) is 8.72. The third kappa shape index (κ3) is 4.37. The minimum absolute atomic E-state index is 0.0960. The van der Waals surface area contributed by atoms with Gasteiger partial charge in [0.2, 0.25) is 0 Å². The van der Waals surface area contributed by atoms with Gasteiger partial charge in [-0.15, -0.1) is 11.8 Å². The Labute approximate surface area is 171 Å². The van der Waals surface area contributed by atoms with E-state index in [0.717, 1.165) is 27.4 Å². The molecule has 3 aromatic carbocycles. The molecule has 3 aromatic rings. The Bertz CT molecular complexity index is 990. The molecule has 0 fully saturated rings. The Morgan fingerprint density at radius 1 is 0.964 bits per heavy atom. The molecule has 0 aliphatic carbocycles. The number of ether oxygens (including phenoxy) is 1. The molecule has 0 aromatic heterocycles. The van der Waals surface area contributed by atoms with E-state index in [1.54, 1.807) is 23.9 Å². The summed E-state index contributed by atoms with van der Waals surface area (Å²) in [6.45, 7) is -2.83. The van der Waals surface area contributed by atoms with Gasteiger partial charge < -0.3 is 4.74 Å². The number of benzene rings is 3. The van der Waals surface area contributed by atoms with E-state index in [4.69, 9.17) is 16.6 Å². The molecular formula is C22H16ClF2NOS. The smallest absolute Gasteiger partial charge is 0.387 e. The lowest BCUT2D eigenvalue weighted by molar-refractivity contribution is -0.0498. The van der Waals surface area contributed by atoms with Crippen molar-refractivity contribution in [1.29, 1.82) is 0 Å². The van der Waals surface area contributed by atoms with Gasteiger partial charge in [-0.2, -0.15) is 8.78 Å².